The van der Waals surface area contributed by atoms with Crippen LogP contribution in [-0.4, -0.2) is 42.3 Å². The number of alkyl halides is 3. The van der Waals surface area contributed by atoms with Gasteiger partial charge in [0.25, 0.3) is 0 Å². The van der Waals surface area contributed by atoms with E-state index in [1.165, 1.54) is 4.90 Å². The lowest BCUT2D eigenvalue weighted by Crippen LogP contribution is -2.27. The number of unbranched alkanes of at least 4 members (excludes halogenated alkanes) is 1. The average molecular weight is 439 g/mol. The number of carboxylic acid groups (broad SMARTS) is 1. The van der Waals surface area contributed by atoms with Gasteiger partial charge in [-0.2, -0.15) is 13.2 Å². The number of halogens is 3. The number of rotatable bonds is 9. The summed E-state index contributed by atoms with van der Waals surface area (Å²) in [5.74, 6) is -1.23. The molecule has 0 fully saturated rings. The fourth-order valence-electron chi connectivity index (χ4n) is 2.79. The number of amides is 1. The van der Waals surface area contributed by atoms with Crippen molar-refractivity contribution in [3.05, 3.63) is 53.6 Å². The minimum absolute atomic E-state index is 0.0138. The highest BCUT2D eigenvalue weighted by Crippen LogP contribution is 2.37. The molecule has 0 aromatic heterocycles. The molecule has 0 aliphatic rings. The zero-order chi connectivity index (χ0) is 23.0. The Morgan fingerprint density at radius 2 is 1.87 bits per heavy atom. The van der Waals surface area contributed by atoms with Crippen LogP contribution < -0.4 is 4.74 Å². The van der Waals surface area contributed by atoms with E-state index in [2.05, 4.69) is 0 Å². The number of hydrogen-bond acceptors (Lipinski definition) is 4. The summed E-state index contributed by atoms with van der Waals surface area (Å²) in [5.41, 5.74) is 0.282. The van der Waals surface area contributed by atoms with E-state index in [9.17, 15) is 22.8 Å². The molecule has 0 radical (unpaired) electrons. The van der Waals surface area contributed by atoms with E-state index in [0.29, 0.717) is 17.7 Å². The van der Waals surface area contributed by atoms with E-state index in [4.69, 9.17) is 14.6 Å². The number of benzene rings is 2. The van der Waals surface area contributed by atoms with Crippen LogP contribution in [0.15, 0.2) is 42.5 Å². The molecular weight excluding hydrogens is 415 g/mol. The monoisotopic (exact) mass is 439 g/mol. The van der Waals surface area contributed by atoms with Crippen molar-refractivity contribution in [3.8, 4) is 16.9 Å². The smallest absolute Gasteiger partial charge is 0.416 e. The molecule has 2 aromatic rings. The Morgan fingerprint density at radius 1 is 1.13 bits per heavy atom. The molecule has 168 valence electrons. The van der Waals surface area contributed by atoms with E-state index in [1.807, 2.05) is 6.92 Å². The molecule has 1 N–H and O–H groups in total. The van der Waals surface area contributed by atoms with E-state index >= 15 is 0 Å². The van der Waals surface area contributed by atoms with Gasteiger partial charge < -0.3 is 19.5 Å². The predicted molar refractivity (Wildman–Crippen MR) is 108 cm³/mol. The zero-order valence-corrected chi connectivity index (χ0v) is 17.2. The summed E-state index contributed by atoms with van der Waals surface area (Å²) in [6.07, 6.45) is -3.42. The number of carbonyl (C=O) groups excluding carboxylic acids is 1. The van der Waals surface area contributed by atoms with Gasteiger partial charge in [-0.05, 0) is 41.8 Å². The Bertz CT molecular complexity index is 914. The Morgan fingerprint density at radius 3 is 2.52 bits per heavy atom. The lowest BCUT2D eigenvalue weighted by Gasteiger charge is -2.18. The van der Waals surface area contributed by atoms with Crippen molar-refractivity contribution in [3.63, 3.8) is 0 Å². The standard InChI is InChI=1S/C22H24F3NO5/c1-3-4-10-30-21(29)26(2)13-15-6-5-7-16(11-15)18-12-17(22(23,24)25)8-9-19(18)31-14-20(27)28/h5-9,11-12H,3-4,10,13-14H2,1-2H3,(H,27,28). The second kappa shape index (κ2) is 10.7. The molecule has 9 heteroatoms. The van der Waals surface area contributed by atoms with Crippen LogP contribution >= 0.6 is 0 Å². The number of ether oxygens (including phenoxy) is 2. The van der Waals surface area contributed by atoms with Gasteiger partial charge in [0, 0.05) is 19.2 Å². The summed E-state index contributed by atoms with van der Waals surface area (Å²) in [5, 5.41) is 8.84. The van der Waals surface area contributed by atoms with Gasteiger partial charge in [0.1, 0.15) is 5.75 Å². The molecule has 1 amide bonds. The maximum Gasteiger partial charge on any atom is 0.416 e. The first-order valence-corrected chi connectivity index (χ1v) is 9.65. The minimum atomic E-state index is -4.57. The molecule has 6 nitrogen and oxygen atoms in total. The van der Waals surface area contributed by atoms with Crippen LogP contribution in [0.2, 0.25) is 0 Å². The molecule has 2 rings (SSSR count). The third-order valence-electron chi connectivity index (χ3n) is 4.35. The van der Waals surface area contributed by atoms with Crippen LogP contribution in [0.25, 0.3) is 11.1 Å². The van der Waals surface area contributed by atoms with Crippen LogP contribution in [-0.2, 0) is 22.3 Å². The number of carboxylic acids is 1. The second-order valence-electron chi connectivity index (χ2n) is 6.92. The van der Waals surface area contributed by atoms with Gasteiger partial charge in [0.2, 0.25) is 0 Å². The number of carbonyl (C=O) groups is 2. The quantitative estimate of drug-likeness (QED) is 0.543. The van der Waals surface area contributed by atoms with E-state index in [1.54, 1.807) is 31.3 Å². The first kappa shape index (κ1) is 24.0. The van der Waals surface area contributed by atoms with Crippen LogP contribution in [0, 0.1) is 0 Å². The summed E-state index contributed by atoms with van der Waals surface area (Å²) in [4.78, 5) is 24.2. The van der Waals surface area contributed by atoms with Gasteiger partial charge in [0.05, 0.1) is 12.2 Å². The molecule has 2 aromatic carbocycles. The molecule has 31 heavy (non-hydrogen) atoms. The lowest BCUT2D eigenvalue weighted by molar-refractivity contribution is -0.140. The summed E-state index contributed by atoms with van der Waals surface area (Å²) in [7, 11) is 1.56. The second-order valence-corrected chi connectivity index (χ2v) is 6.92. The number of nitrogens with zero attached hydrogens (tertiary/aromatic N) is 1. The third kappa shape index (κ3) is 7.20. The van der Waals surface area contributed by atoms with Gasteiger partial charge in [0.15, 0.2) is 6.61 Å². The molecule has 0 bridgehead atoms. The molecule has 0 unspecified atom stereocenters. The van der Waals surface area contributed by atoms with Crippen LogP contribution in [0.5, 0.6) is 5.75 Å². The zero-order valence-electron chi connectivity index (χ0n) is 17.2. The van der Waals surface area contributed by atoms with Crippen LogP contribution in [0.3, 0.4) is 0 Å². The topological polar surface area (TPSA) is 76.1 Å². The van der Waals surface area contributed by atoms with Gasteiger partial charge in [-0.1, -0.05) is 31.5 Å². The summed E-state index contributed by atoms with van der Waals surface area (Å²) in [6, 6.07) is 9.44. The van der Waals surface area contributed by atoms with Crippen LogP contribution in [0.4, 0.5) is 18.0 Å². The molecule has 0 aliphatic heterocycles. The molecule has 0 saturated carbocycles. The van der Waals surface area contributed by atoms with Gasteiger partial charge in [-0.15, -0.1) is 0 Å². The fraction of sp³-hybridized carbons (Fsp3) is 0.364. The van der Waals surface area contributed by atoms with E-state index in [0.717, 1.165) is 31.0 Å². The fourth-order valence-corrected chi connectivity index (χ4v) is 2.79. The summed E-state index contributed by atoms with van der Waals surface area (Å²) >= 11 is 0. The number of hydrogen-bond donors (Lipinski definition) is 1. The Hall–Kier alpha value is -3.23. The van der Waals surface area contributed by atoms with Crippen molar-refractivity contribution in [2.45, 2.75) is 32.5 Å². The molecule has 0 aliphatic carbocycles. The van der Waals surface area contributed by atoms with Crippen molar-refractivity contribution in [2.24, 2.45) is 0 Å². The van der Waals surface area contributed by atoms with Crippen molar-refractivity contribution < 1.29 is 37.3 Å². The maximum atomic E-state index is 13.2. The Balaban J connectivity index is 2.30. The highest BCUT2D eigenvalue weighted by molar-refractivity contribution is 5.74. The van der Waals surface area contributed by atoms with Crippen molar-refractivity contribution in [2.75, 3.05) is 20.3 Å². The van der Waals surface area contributed by atoms with E-state index < -0.39 is 30.4 Å². The highest BCUT2D eigenvalue weighted by atomic mass is 19.4. The predicted octanol–water partition coefficient (Wildman–Crippen LogP) is 5.20. The highest BCUT2D eigenvalue weighted by Gasteiger charge is 2.31. The Kier molecular flexibility index (Phi) is 8.30. The van der Waals surface area contributed by atoms with Gasteiger partial charge >= 0.3 is 18.2 Å². The molecule has 0 saturated heterocycles. The maximum absolute atomic E-state index is 13.2. The molecule has 0 atom stereocenters. The summed E-state index contributed by atoms with van der Waals surface area (Å²) < 4.78 is 49.9. The largest absolute Gasteiger partial charge is 0.481 e. The first-order valence-electron chi connectivity index (χ1n) is 9.65. The van der Waals surface area contributed by atoms with Crippen molar-refractivity contribution in [1.29, 1.82) is 0 Å². The number of aliphatic carboxylic acids is 1. The first-order chi connectivity index (χ1) is 14.6. The van der Waals surface area contributed by atoms with Crippen molar-refractivity contribution in [1.82, 2.24) is 4.90 Å². The third-order valence-corrected chi connectivity index (χ3v) is 4.35. The SMILES string of the molecule is CCCCOC(=O)N(C)Cc1cccc(-c2cc(C(F)(F)F)ccc2OCC(=O)O)c1. The normalized spacial score (nSPS) is 11.1. The molecular formula is C22H24F3NO5. The minimum Gasteiger partial charge on any atom is -0.481 e. The molecule has 0 spiro atoms. The van der Waals surface area contributed by atoms with Gasteiger partial charge in [-0.25, -0.2) is 9.59 Å². The van der Waals surface area contributed by atoms with E-state index in [-0.39, 0.29) is 17.9 Å². The molecule has 0 heterocycles. The van der Waals surface area contributed by atoms with Gasteiger partial charge in [-0.3, -0.25) is 0 Å². The lowest BCUT2D eigenvalue weighted by atomic mass is 9.99. The van der Waals surface area contributed by atoms with Crippen molar-refractivity contribution >= 4 is 12.1 Å². The Labute approximate surface area is 178 Å². The summed E-state index contributed by atoms with van der Waals surface area (Å²) in [6.45, 7) is 1.78. The van der Waals surface area contributed by atoms with Crippen LogP contribution in [0.1, 0.15) is 30.9 Å². The average Bonchev–Trinajstić information content (AvgIpc) is 2.71.